The number of ether oxygens (including phenoxy) is 3. The van der Waals surface area contributed by atoms with Gasteiger partial charge in [0.1, 0.15) is 18.3 Å². The average molecular weight is 423 g/mol. The van der Waals surface area contributed by atoms with E-state index in [2.05, 4.69) is 0 Å². The molecule has 0 aliphatic heterocycles. The zero-order chi connectivity index (χ0) is 21.7. The van der Waals surface area contributed by atoms with E-state index in [9.17, 15) is 10.2 Å². The monoisotopic (exact) mass is 422 g/mol. The Kier molecular flexibility index (Phi) is 9.70. The van der Waals surface area contributed by atoms with Crippen molar-refractivity contribution in [3.05, 3.63) is 108 Å². The van der Waals surface area contributed by atoms with Gasteiger partial charge in [0.25, 0.3) is 0 Å². The Morgan fingerprint density at radius 3 is 1.26 bits per heavy atom. The molecule has 0 bridgehead atoms. The minimum absolute atomic E-state index is 0.0457. The van der Waals surface area contributed by atoms with Crippen LogP contribution < -0.4 is 0 Å². The topological polar surface area (TPSA) is 68.2 Å². The molecule has 0 saturated carbocycles. The van der Waals surface area contributed by atoms with Crippen molar-refractivity contribution < 1.29 is 24.4 Å². The molecule has 3 aromatic rings. The van der Waals surface area contributed by atoms with E-state index in [0.29, 0.717) is 13.2 Å². The van der Waals surface area contributed by atoms with E-state index >= 15 is 0 Å². The maximum absolute atomic E-state index is 10.7. The highest BCUT2D eigenvalue weighted by atomic mass is 16.5. The van der Waals surface area contributed by atoms with Gasteiger partial charge in [-0.3, -0.25) is 0 Å². The third kappa shape index (κ3) is 8.25. The molecule has 3 rings (SSSR count). The molecule has 1 unspecified atom stereocenters. The molecule has 5 heteroatoms. The van der Waals surface area contributed by atoms with Gasteiger partial charge in [-0.05, 0) is 16.7 Å². The fourth-order valence-electron chi connectivity index (χ4n) is 3.18. The minimum Gasteiger partial charge on any atom is -0.388 e. The number of aliphatic hydroxyl groups excluding tert-OH is 2. The molecule has 0 saturated heterocycles. The molecule has 5 nitrogen and oxygen atoms in total. The van der Waals surface area contributed by atoms with Crippen LogP contribution in [0, 0.1) is 0 Å². The largest absolute Gasteiger partial charge is 0.388 e. The van der Waals surface area contributed by atoms with Crippen LogP contribution in [0.25, 0.3) is 0 Å². The molecule has 0 fully saturated rings. The normalized spacial score (nSPS) is 14.1. The highest BCUT2D eigenvalue weighted by Crippen LogP contribution is 2.13. The smallest absolute Gasteiger partial charge is 0.114 e. The first-order valence-electron chi connectivity index (χ1n) is 10.5. The first kappa shape index (κ1) is 23.1. The highest BCUT2D eigenvalue weighted by Gasteiger charge is 2.28. The van der Waals surface area contributed by atoms with Crippen molar-refractivity contribution in [3.8, 4) is 0 Å². The zero-order valence-corrected chi connectivity index (χ0v) is 17.5. The zero-order valence-electron chi connectivity index (χ0n) is 17.5. The van der Waals surface area contributed by atoms with Crippen LogP contribution in [0.5, 0.6) is 0 Å². The minimum atomic E-state index is -0.997. The lowest BCUT2D eigenvalue weighted by atomic mass is 10.1. The van der Waals surface area contributed by atoms with E-state index in [0.717, 1.165) is 16.7 Å². The van der Waals surface area contributed by atoms with Crippen LogP contribution >= 0.6 is 0 Å². The summed E-state index contributed by atoms with van der Waals surface area (Å²) < 4.78 is 17.2. The van der Waals surface area contributed by atoms with Gasteiger partial charge < -0.3 is 24.4 Å². The Morgan fingerprint density at radius 2 is 0.871 bits per heavy atom. The van der Waals surface area contributed by atoms with Crippen LogP contribution in [0.3, 0.4) is 0 Å². The lowest BCUT2D eigenvalue weighted by molar-refractivity contribution is -0.143. The van der Waals surface area contributed by atoms with E-state index in [1.807, 2.05) is 91.0 Å². The van der Waals surface area contributed by atoms with Crippen molar-refractivity contribution in [2.45, 2.75) is 38.1 Å². The van der Waals surface area contributed by atoms with Crippen molar-refractivity contribution in [3.63, 3.8) is 0 Å². The summed E-state index contributed by atoms with van der Waals surface area (Å²) in [6, 6.07) is 29.1. The maximum Gasteiger partial charge on any atom is 0.114 e. The van der Waals surface area contributed by atoms with Gasteiger partial charge in [-0.15, -0.1) is 0 Å². The lowest BCUT2D eigenvalue weighted by Crippen LogP contribution is -2.44. The Hall–Kier alpha value is -2.54. The summed E-state index contributed by atoms with van der Waals surface area (Å²) in [4.78, 5) is 0. The Labute approximate surface area is 183 Å². The van der Waals surface area contributed by atoms with Crippen LogP contribution in [0.15, 0.2) is 91.0 Å². The highest BCUT2D eigenvalue weighted by molar-refractivity contribution is 5.15. The fraction of sp³-hybridized carbons (Fsp3) is 0.308. The lowest BCUT2D eigenvalue weighted by Gasteiger charge is -2.28. The Balaban J connectivity index is 1.53. The van der Waals surface area contributed by atoms with Crippen molar-refractivity contribution in [1.29, 1.82) is 0 Å². The van der Waals surface area contributed by atoms with Crippen molar-refractivity contribution in [2.75, 3.05) is 13.2 Å². The third-order valence-electron chi connectivity index (χ3n) is 4.84. The van der Waals surface area contributed by atoms with E-state index in [4.69, 9.17) is 14.2 Å². The molecule has 0 aliphatic carbocycles. The number of hydrogen-bond donors (Lipinski definition) is 2. The molecule has 31 heavy (non-hydrogen) atoms. The number of rotatable bonds is 13. The number of benzene rings is 3. The van der Waals surface area contributed by atoms with Crippen LogP contribution in [-0.2, 0) is 34.0 Å². The van der Waals surface area contributed by atoms with Gasteiger partial charge in [-0.1, -0.05) is 91.0 Å². The molecule has 0 aliphatic rings. The van der Waals surface area contributed by atoms with Crippen molar-refractivity contribution in [1.82, 2.24) is 0 Å². The van der Waals surface area contributed by atoms with Crippen LogP contribution in [0.2, 0.25) is 0 Å². The molecule has 0 heterocycles. The average Bonchev–Trinajstić information content (AvgIpc) is 2.81. The van der Waals surface area contributed by atoms with Crippen LogP contribution in [-0.4, -0.2) is 41.7 Å². The third-order valence-corrected chi connectivity index (χ3v) is 4.84. The molecule has 164 valence electrons. The van der Waals surface area contributed by atoms with Crippen molar-refractivity contribution in [2.24, 2.45) is 0 Å². The van der Waals surface area contributed by atoms with Crippen molar-refractivity contribution >= 4 is 0 Å². The fourth-order valence-corrected chi connectivity index (χ4v) is 3.18. The van der Waals surface area contributed by atoms with Gasteiger partial charge in [0.05, 0.1) is 33.0 Å². The number of hydrogen-bond acceptors (Lipinski definition) is 5. The molecular formula is C26H30O5. The molecule has 3 aromatic carbocycles. The molecule has 0 radical (unpaired) electrons. The quantitative estimate of drug-likeness (QED) is 0.439. The molecule has 0 aromatic heterocycles. The van der Waals surface area contributed by atoms with E-state index in [1.165, 1.54) is 0 Å². The summed E-state index contributed by atoms with van der Waals surface area (Å²) in [6.07, 6.45) is -2.84. The SMILES string of the molecule is O[C@H](COCc1ccccc1)C(OCc1ccccc1)[C@@H](O)COCc1ccccc1. The summed E-state index contributed by atoms with van der Waals surface area (Å²) in [7, 11) is 0. The van der Waals surface area contributed by atoms with Gasteiger partial charge in [0.2, 0.25) is 0 Å². The van der Waals surface area contributed by atoms with E-state index in [-0.39, 0.29) is 19.8 Å². The van der Waals surface area contributed by atoms with Gasteiger partial charge in [-0.25, -0.2) is 0 Å². The van der Waals surface area contributed by atoms with Gasteiger partial charge >= 0.3 is 0 Å². The number of aliphatic hydroxyl groups is 2. The second-order valence-electron chi connectivity index (χ2n) is 7.40. The predicted octanol–water partition coefficient (Wildman–Crippen LogP) is 3.73. The first-order valence-corrected chi connectivity index (χ1v) is 10.5. The maximum atomic E-state index is 10.7. The molecule has 0 spiro atoms. The Morgan fingerprint density at radius 1 is 0.516 bits per heavy atom. The second kappa shape index (κ2) is 13.0. The summed E-state index contributed by atoms with van der Waals surface area (Å²) in [6.45, 7) is 1.12. The summed E-state index contributed by atoms with van der Waals surface area (Å²) in [5.74, 6) is 0. The summed E-state index contributed by atoms with van der Waals surface area (Å²) >= 11 is 0. The molecular weight excluding hydrogens is 392 g/mol. The molecule has 3 atom stereocenters. The summed E-state index contributed by atoms with van der Waals surface area (Å²) in [5, 5.41) is 21.4. The first-order chi connectivity index (χ1) is 15.2. The summed E-state index contributed by atoms with van der Waals surface area (Å²) in [5.41, 5.74) is 2.99. The van der Waals surface area contributed by atoms with Gasteiger partial charge in [0.15, 0.2) is 0 Å². The van der Waals surface area contributed by atoms with Gasteiger partial charge in [-0.2, -0.15) is 0 Å². The standard InChI is InChI=1S/C26H30O5/c27-24(19-29-16-21-10-4-1-5-11-21)26(31-18-23-14-8-3-9-15-23)25(28)20-30-17-22-12-6-2-7-13-22/h1-15,24-28H,16-20H2/t24-,25+,26?. The molecule has 2 N–H and O–H groups in total. The van der Waals surface area contributed by atoms with Crippen LogP contribution in [0.1, 0.15) is 16.7 Å². The Bertz CT molecular complexity index is 790. The predicted molar refractivity (Wildman–Crippen MR) is 119 cm³/mol. The van der Waals surface area contributed by atoms with E-state index in [1.54, 1.807) is 0 Å². The molecule has 0 amide bonds. The van der Waals surface area contributed by atoms with Gasteiger partial charge in [0, 0.05) is 0 Å². The van der Waals surface area contributed by atoms with Crippen LogP contribution in [0.4, 0.5) is 0 Å². The second-order valence-corrected chi connectivity index (χ2v) is 7.40. The van der Waals surface area contributed by atoms with E-state index < -0.39 is 18.3 Å².